The number of esters is 1. The van der Waals surface area contributed by atoms with Crippen LogP contribution in [0.5, 0.6) is 0 Å². The zero-order valence-corrected chi connectivity index (χ0v) is 21.0. The molecule has 1 heterocycles. The number of alkyl halides is 17. The molecule has 0 unspecified atom stereocenters. The number of ether oxygens (including phenoxy) is 1. The van der Waals surface area contributed by atoms with Gasteiger partial charge in [-0.2, -0.15) is 74.6 Å². The normalized spacial score (nSPS) is 20.7. The molecule has 0 saturated carbocycles. The fourth-order valence-corrected chi connectivity index (χ4v) is 4.11. The van der Waals surface area contributed by atoms with Crippen LogP contribution in [0.2, 0.25) is 0 Å². The van der Waals surface area contributed by atoms with Crippen LogP contribution >= 0.6 is 0 Å². The van der Waals surface area contributed by atoms with Gasteiger partial charge in [-0.1, -0.05) is 0 Å². The number of hydrogen-bond acceptors (Lipinski definition) is 3. The van der Waals surface area contributed by atoms with Crippen molar-refractivity contribution in [3.8, 4) is 0 Å². The van der Waals surface area contributed by atoms with Crippen molar-refractivity contribution in [2.75, 3.05) is 0 Å². The number of nitrogens with zero attached hydrogens (tertiary/aromatic N) is 1. The van der Waals surface area contributed by atoms with Crippen LogP contribution in [0.15, 0.2) is 0 Å². The molecule has 1 fully saturated rings. The van der Waals surface area contributed by atoms with Crippen molar-refractivity contribution in [1.82, 2.24) is 5.06 Å². The first kappa shape index (κ1) is 37.2. The maximum absolute atomic E-state index is 14.0. The summed E-state index contributed by atoms with van der Waals surface area (Å²) in [6, 6.07) is 0. The number of carbonyl (C=O) groups is 1. The molecule has 0 aromatic heterocycles. The summed E-state index contributed by atoms with van der Waals surface area (Å²) >= 11 is 0. The van der Waals surface area contributed by atoms with Gasteiger partial charge in [-0.25, -0.2) is 0 Å². The first-order chi connectivity index (χ1) is 17.6. The van der Waals surface area contributed by atoms with Crippen molar-refractivity contribution >= 4 is 5.97 Å². The number of halogens is 17. The molecule has 243 valence electrons. The molecule has 0 amide bonds. The topological polar surface area (TPSA) is 49.4 Å². The van der Waals surface area contributed by atoms with Crippen molar-refractivity contribution in [1.29, 1.82) is 0 Å². The van der Waals surface area contributed by atoms with Gasteiger partial charge < -0.3 is 4.74 Å². The Hall–Kier alpha value is -1.80. The van der Waals surface area contributed by atoms with Crippen molar-refractivity contribution in [3.63, 3.8) is 0 Å². The van der Waals surface area contributed by atoms with Gasteiger partial charge >= 0.3 is 53.6 Å². The Balaban J connectivity index is 3.25. The van der Waals surface area contributed by atoms with Gasteiger partial charge in [-0.3, -0.25) is 4.79 Å². The molecule has 0 atom stereocenters. The summed E-state index contributed by atoms with van der Waals surface area (Å²) in [4.78, 5) is 11.9. The second-order valence-electron chi connectivity index (χ2n) is 10.6. The number of hydrogen-bond donors (Lipinski definition) is 0. The van der Waals surface area contributed by atoms with Crippen molar-refractivity contribution in [3.05, 3.63) is 0 Å². The van der Waals surface area contributed by atoms with E-state index < -0.39 is 83.6 Å². The molecule has 21 heteroatoms. The van der Waals surface area contributed by atoms with E-state index in [1.165, 1.54) is 27.7 Å². The number of piperidine rings is 1. The van der Waals surface area contributed by atoms with Crippen LogP contribution in [0.25, 0.3) is 0 Å². The summed E-state index contributed by atoms with van der Waals surface area (Å²) in [6.07, 6.45) is -14.6. The van der Waals surface area contributed by atoms with Gasteiger partial charge in [-0.15, -0.1) is 10.3 Å². The van der Waals surface area contributed by atoms with Crippen molar-refractivity contribution < 1.29 is 89.4 Å². The van der Waals surface area contributed by atoms with E-state index in [4.69, 9.17) is 4.74 Å². The predicted molar refractivity (Wildman–Crippen MR) is 99.7 cm³/mol. The Bertz CT molecular complexity index is 957. The molecular weight excluding hydrogens is 625 g/mol. The standard InChI is InChI=1S/C20H21F17NO3/c1-11(2)7-9(8-12(3,4)38(11)40)41-10(39)5-6-13(21,22)14(23,24)15(25,26)16(27,28)17(29,30)18(31,32)19(33,34)20(35,36)37/h9H,5-8H2,1-4H3. The van der Waals surface area contributed by atoms with Crippen LogP contribution in [0, 0.1) is 0 Å². The monoisotopic (exact) mass is 646 g/mol. The molecule has 1 aliphatic rings. The van der Waals surface area contributed by atoms with Crippen molar-refractivity contribution in [2.24, 2.45) is 0 Å². The molecular formula is C20H21F17NO3. The minimum Gasteiger partial charge on any atom is -0.462 e. The molecule has 0 spiro atoms. The molecule has 0 N–H and O–H groups in total. The highest BCUT2D eigenvalue weighted by molar-refractivity contribution is 5.69. The highest BCUT2D eigenvalue weighted by Gasteiger charge is 2.95. The highest BCUT2D eigenvalue weighted by Crippen LogP contribution is 2.64. The average Bonchev–Trinajstić information content (AvgIpc) is 2.74. The lowest BCUT2D eigenvalue weighted by atomic mass is 9.80. The van der Waals surface area contributed by atoms with E-state index in [2.05, 4.69) is 0 Å². The fraction of sp³-hybridized carbons (Fsp3) is 0.950. The van der Waals surface area contributed by atoms with Gasteiger partial charge in [0.25, 0.3) is 0 Å². The maximum Gasteiger partial charge on any atom is 0.460 e. The summed E-state index contributed by atoms with van der Waals surface area (Å²) < 4.78 is 231. The first-order valence-corrected chi connectivity index (χ1v) is 11.0. The van der Waals surface area contributed by atoms with E-state index in [1.807, 2.05) is 0 Å². The molecule has 0 aromatic carbocycles. The summed E-state index contributed by atoms with van der Waals surface area (Å²) in [5, 5.41) is 12.8. The second-order valence-corrected chi connectivity index (χ2v) is 10.6. The maximum atomic E-state index is 14.0. The molecule has 41 heavy (non-hydrogen) atoms. The third kappa shape index (κ3) is 5.76. The van der Waals surface area contributed by atoms with Crippen molar-refractivity contribution in [2.45, 2.75) is 118 Å². The highest BCUT2D eigenvalue weighted by atomic mass is 19.4. The molecule has 0 bridgehead atoms. The van der Waals surface area contributed by atoms with E-state index in [0.717, 1.165) is 0 Å². The summed E-state index contributed by atoms with van der Waals surface area (Å²) in [5.41, 5.74) is -2.51. The SMILES string of the molecule is CC1(C)CC(OC(=O)CCC(F)(F)C(F)(F)C(F)(F)C(F)(F)C(F)(F)C(F)(F)C(F)(F)C(F)(F)F)CC(C)(C)N1[O]. The molecule has 0 aromatic rings. The quantitative estimate of drug-likeness (QED) is 0.181. The number of hydroxylamine groups is 2. The number of rotatable bonds is 10. The fourth-order valence-electron chi connectivity index (χ4n) is 4.11. The van der Waals surface area contributed by atoms with Gasteiger partial charge in [0.05, 0.1) is 6.42 Å². The smallest absolute Gasteiger partial charge is 0.460 e. The largest absolute Gasteiger partial charge is 0.462 e. The first-order valence-electron chi connectivity index (χ1n) is 11.0. The Morgan fingerprint density at radius 2 is 0.951 bits per heavy atom. The summed E-state index contributed by atoms with van der Waals surface area (Å²) in [5.74, 6) is -59.0. The Morgan fingerprint density at radius 1 is 0.634 bits per heavy atom. The zero-order chi connectivity index (χ0) is 33.3. The lowest BCUT2D eigenvalue weighted by Gasteiger charge is -2.49. The Labute approximate surface area is 219 Å². The van der Waals surface area contributed by atoms with E-state index in [-0.39, 0.29) is 12.8 Å². The summed E-state index contributed by atoms with van der Waals surface area (Å²) in [6.45, 7) is 5.40. The predicted octanol–water partition coefficient (Wildman–Crippen LogP) is 7.69. The lowest BCUT2D eigenvalue weighted by Crippen LogP contribution is -2.74. The van der Waals surface area contributed by atoms with Crippen LogP contribution < -0.4 is 0 Å². The molecule has 1 rings (SSSR count). The van der Waals surface area contributed by atoms with Crippen LogP contribution in [0.4, 0.5) is 74.6 Å². The van der Waals surface area contributed by atoms with Gasteiger partial charge in [0, 0.05) is 30.3 Å². The van der Waals surface area contributed by atoms with Gasteiger partial charge in [0.15, 0.2) is 0 Å². The minimum absolute atomic E-state index is 0.283. The van der Waals surface area contributed by atoms with E-state index in [9.17, 15) is 84.6 Å². The van der Waals surface area contributed by atoms with E-state index >= 15 is 0 Å². The van der Waals surface area contributed by atoms with Gasteiger partial charge in [0.2, 0.25) is 0 Å². The average molecular weight is 646 g/mol. The van der Waals surface area contributed by atoms with E-state index in [1.54, 1.807) is 0 Å². The summed E-state index contributed by atoms with van der Waals surface area (Å²) in [7, 11) is 0. The minimum atomic E-state index is -8.71. The Kier molecular flexibility index (Phi) is 9.21. The van der Waals surface area contributed by atoms with Crippen LogP contribution in [-0.4, -0.2) is 75.8 Å². The third-order valence-corrected chi connectivity index (χ3v) is 6.28. The molecule has 0 aliphatic carbocycles. The molecule has 1 saturated heterocycles. The molecule has 1 radical (unpaired) electrons. The van der Waals surface area contributed by atoms with Gasteiger partial charge in [-0.05, 0) is 27.7 Å². The van der Waals surface area contributed by atoms with Crippen LogP contribution in [-0.2, 0) is 14.7 Å². The zero-order valence-electron chi connectivity index (χ0n) is 21.0. The lowest BCUT2D eigenvalue weighted by molar-refractivity contribution is -0.461. The molecule has 4 nitrogen and oxygen atoms in total. The number of carbonyl (C=O) groups excluding carboxylic acids is 1. The molecule has 1 aliphatic heterocycles. The second kappa shape index (κ2) is 10.1. The third-order valence-electron chi connectivity index (χ3n) is 6.28. The van der Waals surface area contributed by atoms with Gasteiger partial charge in [0.1, 0.15) is 6.10 Å². The Morgan fingerprint density at radius 3 is 1.29 bits per heavy atom. The van der Waals surface area contributed by atoms with E-state index in [0.29, 0.717) is 5.06 Å². The van der Waals surface area contributed by atoms with Crippen LogP contribution in [0.3, 0.4) is 0 Å². The van der Waals surface area contributed by atoms with Crippen LogP contribution in [0.1, 0.15) is 53.4 Å².